The van der Waals surface area contributed by atoms with Crippen LogP contribution in [0.2, 0.25) is 0 Å². The molecular weight excluding hydrogens is 253 g/mol. The van der Waals surface area contributed by atoms with E-state index in [0.717, 1.165) is 18.2 Å². The molecule has 2 rings (SSSR count). The first kappa shape index (κ1) is 15.4. The summed E-state index contributed by atoms with van der Waals surface area (Å²) in [5, 5.41) is 18.0. The highest BCUT2D eigenvalue weighted by atomic mass is 16.5. The van der Waals surface area contributed by atoms with Crippen LogP contribution >= 0.6 is 0 Å². The summed E-state index contributed by atoms with van der Waals surface area (Å²) in [5.41, 5.74) is 0.485. The Balaban J connectivity index is 1.72. The molecule has 0 saturated carbocycles. The molecule has 1 heterocycles. The van der Waals surface area contributed by atoms with E-state index in [2.05, 4.69) is 11.8 Å². The molecule has 1 atom stereocenters. The van der Waals surface area contributed by atoms with Crippen LogP contribution in [-0.4, -0.2) is 48.3 Å². The average molecular weight is 277 g/mol. The summed E-state index contributed by atoms with van der Waals surface area (Å²) >= 11 is 0. The summed E-state index contributed by atoms with van der Waals surface area (Å²) < 4.78 is 5.71. The molecule has 0 spiro atoms. The molecule has 1 saturated heterocycles. The summed E-state index contributed by atoms with van der Waals surface area (Å²) in [6, 6.07) is 6.90. The number of ether oxygens (including phenoxy) is 1. The van der Waals surface area contributed by atoms with E-state index in [9.17, 15) is 0 Å². The number of rotatable bonds is 6. The molecule has 1 aromatic carbocycles. The second-order valence-electron chi connectivity index (χ2n) is 5.51. The predicted molar refractivity (Wildman–Crippen MR) is 81.2 cm³/mol. The zero-order valence-corrected chi connectivity index (χ0v) is 12.2. The van der Waals surface area contributed by atoms with Crippen LogP contribution in [0.3, 0.4) is 0 Å². The van der Waals surface area contributed by atoms with Gasteiger partial charge in [0.05, 0.1) is 0 Å². The lowest BCUT2D eigenvalue weighted by Gasteiger charge is -2.32. The average Bonchev–Trinajstić information content (AvgIpc) is 2.48. The first-order valence-electron chi connectivity index (χ1n) is 7.50. The van der Waals surface area contributed by atoms with Gasteiger partial charge in [-0.2, -0.15) is 0 Å². The van der Waals surface area contributed by atoms with Crippen LogP contribution in [0.1, 0.15) is 26.2 Å². The zero-order chi connectivity index (χ0) is 14.4. The van der Waals surface area contributed by atoms with Crippen LogP contribution in [0.5, 0.6) is 5.75 Å². The molecule has 1 aromatic rings. The molecule has 20 heavy (non-hydrogen) atoms. The molecule has 1 aliphatic heterocycles. The molecule has 0 radical (unpaired) electrons. The Bertz CT molecular complexity index is 397. The van der Waals surface area contributed by atoms with Gasteiger partial charge < -0.3 is 14.8 Å². The van der Waals surface area contributed by atoms with E-state index in [1.165, 1.54) is 32.4 Å². The highest BCUT2D eigenvalue weighted by Gasteiger charge is 2.18. The monoisotopic (exact) mass is 277 g/mol. The van der Waals surface area contributed by atoms with Crippen molar-refractivity contribution in [1.29, 1.82) is 0 Å². The van der Waals surface area contributed by atoms with Crippen molar-refractivity contribution in [3.05, 3.63) is 24.3 Å². The van der Waals surface area contributed by atoms with Gasteiger partial charge in [0.25, 0.3) is 0 Å². The molecule has 110 valence electrons. The molecule has 5 heteroatoms. The van der Waals surface area contributed by atoms with Crippen molar-refractivity contribution in [2.75, 3.05) is 26.2 Å². The van der Waals surface area contributed by atoms with E-state index in [-0.39, 0.29) is 0 Å². The Morgan fingerprint density at radius 1 is 1.30 bits per heavy atom. The molecule has 0 amide bonds. The third-order valence-electron chi connectivity index (χ3n) is 4.03. The molecular formula is C15H24BNO3. The number of nitrogens with zero attached hydrogens (tertiary/aromatic N) is 1. The minimum atomic E-state index is -1.41. The van der Waals surface area contributed by atoms with Crippen molar-refractivity contribution in [2.24, 2.45) is 5.92 Å². The van der Waals surface area contributed by atoms with Gasteiger partial charge in [-0.25, -0.2) is 0 Å². The first-order valence-corrected chi connectivity index (χ1v) is 7.50. The Labute approximate surface area is 121 Å². The van der Waals surface area contributed by atoms with Crippen molar-refractivity contribution < 1.29 is 14.8 Å². The Morgan fingerprint density at radius 2 is 2.05 bits per heavy atom. The highest BCUT2D eigenvalue weighted by Crippen LogP contribution is 2.18. The fraction of sp³-hybridized carbons (Fsp3) is 0.600. The van der Waals surface area contributed by atoms with Gasteiger partial charge in [-0.05, 0) is 42.9 Å². The molecule has 1 aliphatic rings. The lowest BCUT2D eigenvalue weighted by atomic mass is 9.80. The number of piperidine rings is 1. The molecule has 4 nitrogen and oxygen atoms in total. The molecule has 0 aliphatic carbocycles. The molecule has 2 N–H and O–H groups in total. The minimum absolute atomic E-state index is 0.485. The summed E-state index contributed by atoms with van der Waals surface area (Å²) in [4.78, 5) is 2.48. The van der Waals surface area contributed by atoms with Gasteiger partial charge in [0, 0.05) is 13.1 Å². The fourth-order valence-electron chi connectivity index (χ4n) is 2.72. The van der Waals surface area contributed by atoms with E-state index in [4.69, 9.17) is 14.8 Å². The van der Waals surface area contributed by atoms with Crippen molar-refractivity contribution in [1.82, 2.24) is 4.90 Å². The quantitative estimate of drug-likeness (QED) is 0.758. The maximum absolute atomic E-state index is 9.02. The zero-order valence-electron chi connectivity index (χ0n) is 12.2. The first-order chi connectivity index (χ1) is 9.69. The van der Waals surface area contributed by atoms with E-state index in [1.54, 1.807) is 24.3 Å². The summed E-state index contributed by atoms with van der Waals surface area (Å²) in [6.07, 6.45) is 3.92. The van der Waals surface area contributed by atoms with Gasteiger partial charge in [0.2, 0.25) is 0 Å². The van der Waals surface area contributed by atoms with Gasteiger partial charge in [-0.15, -0.1) is 0 Å². The standard InChI is InChI=1S/C15H24BNO3/c1-2-13-4-3-9-17(12-13)10-11-20-15-7-5-14(6-8-15)16(18)19/h5-8,13,18-19H,2-4,9-12H2,1H3. The lowest BCUT2D eigenvalue weighted by molar-refractivity contribution is 0.145. The number of likely N-dealkylation sites (tertiary alicyclic amines) is 1. The van der Waals surface area contributed by atoms with E-state index in [0.29, 0.717) is 12.1 Å². The van der Waals surface area contributed by atoms with Crippen molar-refractivity contribution >= 4 is 12.6 Å². The second-order valence-corrected chi connectivity index (χ2v) is 5.51. The minimum Gasteiger partial charge on any atom is -0.492 e. The molecule has 0 aromatic heterocycles. The molecule has 0 bridgehead atoms. The smallest absolute Gasteiger partial charge is 0.488 e. The topological polar surface area (TPSA) is 52.9 Å². The Morgan fingerprint density at radius 3 is 2.70 bits per heavy atom. The Hall–Kier alpha value is -1.04. The van der Waals surface area contributed by atoms with Crippen LogP contribution in [0.25, 0.3) is 0 Å². The van der Waals surface area contributed by atoms with Crippen molar-refractivity contribution in [3.8, 4) is 5.75 Å². The van der Waals surface area contributed by atoms with Gasteiger partial charge in [-0.1, -0.05) is 25.5 Å². The van der Waals surface area contributed by atoms with Crippen LogP contribution in [0, 0.1) is 5.92 Å². The van der Waals surface area contributed by atoms with Gasteiger partial charge >= 0.3 is 7.12 Å². The van der Waals surface area contributed by atoms with Gasteiger partial charge in [0.15, 0.2) is 0 Å². The SMILES string of the molecule is CCC1CCCN(CCOc2ccc(B(O)O)cc2)C1. The normalized spacial score (nSPS) is 19.9. The van der Waals surface area contributed by atoms with Crippen LogP contribution in [-0.2, 0) is 0 Å². The predicted octanol–water partition coefficient (Wildman–Crippen LogP) is 0.867. The lowest BCUT2D eigenvalue weighted by Crippen LogP contribution is -2.37. The second kappa shape index (κ2) is 7.67. The maximum atomic E-state index is 9.02. The van der Waals surface area contributed by atoms with Gasteiger partial charge in [-0.3, -0.25) is 4.90 Å². The maximum Gasteiger partial charge on any atom is 0.488 e. The van der Waals surface area contributed by atoms with Crippen molar-refractivity contribution in [2.45, 2.75) is 26.2 Å². The summed E-state index contributed by atoms with van der Waals surface area (Å²) in [6.45, 7) is 6.27. The third kappa shape index (κ3) is 4.51. The fourth-order valence-corrected chi connectivity index (χ4v) is 2.72. The van der Waals surface area contributed by atoms with Crippen LogP contribution in [0.4, 0.5) is 0 Å². The van der Waals surface area contributed by atoms with Gasteiger partial charge in [0.1, 0.15) is 12.4 Å². The number of hydrogen-bond donors (Lipinski definition) is 2. The van der Waals surface area contributed by atoms with E-state index < -0.39 is 7.12 Å². The van der Waals surface area contributed by atoms with Crippen LogP contribution < -0.4 is 10.2 Å². The van der Waals surface area contributed by atoms with E-state index >= 15 is 0 Å². The van der Waals surface area contributed by atoms with E-state index in [1.807, 2.05) is 0 Å². The number of benzene rings is 1. The largest absolute Gasteiger partial charge is 0.492 e. The summed E-state index contributed by atoms with van der Waals surface area (Å²) in [5.74, 6) is 1.62. The molecule has 1 unspecified atom stereocenters. The number of hydrogen-bond acceptors (Lipinski definition) is 4. The van der Waals surface area contributed by atoms with Crippen LogP contribution in [0.15, 0.2) is 24.3 Å². The highest BCUT2D eigenvalue weighted by molar-refractivity contribution is 6.58. The Kier molecular flexibility index (Phi) is 5.89. The molecule has 1 fully saturated rings. The third-order valence-corrected chi connectivity index (χ3v) is 4.03. The van der Waals surface area contributed by atoms with Crippen molar-refractivity contribution in [3.63, 3.8) is 0 Å². The summed E-state index contributed by atoms with van der Waals surface area (Å²) in [7, 11) is -1.41.